The number of anilines is 1. The highest BCUT2D eigenvalue weighted by Crippen LogP contribution is 2.37. The molecular formula is C33H30ClF5N8O3. The molecule has 0 atom stereocenters. The van der Waals surface area contributed by atoms with Gasteiger partial charge in [-0.2, -0.15) is 32.1 Å². The second-order valence-corrected chi connectivity index (χ2v) is 12.0. The maximum atomic E-state index is 14.0. The Balaban J connectivity index is 1.20. The van der Waals surface area contributed by atoms with Gasteiger partial charge in [0.1, 0.15) is 23.6 Å². The van der Waals surface area contributed by atoms with Crippen LogP contribution in [0.4, 0.5) is 27.6 Å². The molecule has 2 aromatic carbocycles. The number of hydrogen-bond acceptors (Lipinski definition) is 7. The van der Waals surface area contributed by atoms with Crippen LogP contribution in [0.3, 0.4) is 0 Å². The number of likely N-dealkylation sites (tertiary alicyclic amines) is 1. The van der Waals surface area contributed by atoms with Gasteiger partial charge in [0.05, 0.1) is 11.9 Å². The molecule has 17 heteroatoms. The molecule has 1 fully saturated rings. The Bertz CT molecular complexity index is 1960. The number of fused-ring (bicyclic) bond motifs is 1. The molecule has 0 unspecified atom stereocenters. The highest BCUT2D eigenvalue weighted by atomic mass is 35.5. The van der Waals surface area contributed by atoms with E-state index in [1.54, 1.807) is 42.6 Å². The zero-order valence-electron chi connectivity index (χ0n) is 26.2. The third-order valence-electron chi connectivity index (χ3n) is 8.31. The Labute approximate surface area is 287 Å². The molecule has 3 aromatic heterocycles. The van der Waals surface area contributed by atoms with Gasteiger partial charge in [-0.25, -0.2) is 14.4 Å². The molecule has 0 aliphatic carbocycles. The van der Waals surface area contributed by atoms with E-state index >= 15 is 0 Å². The number of ether oxygens (including phenoxy) is 1. The summed E-state index contributed by atoms with van der Waals surface area (Å²) in [5, 5.41) is 11.4. The van der Waals surface area contributed by atoms with Crippen LogP contribution in [-0.2, 0) is 17.8 Å². The molecule has 11 nitrogen and oxygen atoms in total. The van der Waals surface area contributed by atoms with Gasteiger partial charge in [-0.1, -0.05) is 41.9 Å². The van der Waals surface area contributed by atoms with Crippen molar-refractivity contribution in [3.63, 3.8) is 0 Å². The van der Waals surface area contributed by atoms with E-state index in [1.165, 1.54) is 50.9 Å². The minimum absolute atomic E-state index is 0.0147. The number of amides is 2. The van der Waals surface area contributed by atoms with E-state index in [0.29, 0.717) is 4.90 Å². The summed E-state index contributed by atoms with van der Waals surface area (Å²) in [6.07, 6.45) is 1.64. The zero-order valence-corrected chi connectivity index (χ0v) is 27.0. The first-order valence-corrected chi connectivity index (χ1v) is 15.9. The van der Waals surface area contributed by atoms with Crippen molar-refractivity contribution in [3.8, 4) is 17.0 Å². The van der Waals surface area contributed by atoms with Crippen molar-refractivity contribution < 1.29 is 36.3 Å². The molecule has 50 heavy (non-hydrogen) atoms. The first-order valence-electron chi connectivity index (χ1n) is 15.5. The Kier molecular flexibility index (Phi) is 10.3. The van der Waals surface area contributed by atoms with Crippen molar-refractivity contribution in [3.05, 3.63) is 95.5 Å². The van der Waals surface area contributed by atoms with Gasteiger partial charge < -0.3 is 15.0 Å². The molecule has 0 saturated carbocycles. The second kappa shape index (κ2) is 14.8. The average molecular weight is 717 g/mol. The molecule has 0 bridgehead atoms. The number of piperidine rings is 1. The van der Waals surface area contributed by atoms with Gasteiger partial charge in [0, 0.05) is 54.9 Å². The Morgan fingerprint density at radius 1 is 1.08 bits per heavy atom. The number of carbonyl (C=O) groups excluding carboxylic acids is 2. The van der Waals surface area contributed by atoms with Gasteiger partial charge in [0.15, 0.2) is 5.65 Å². The van der Waals surface area contributed by atoms with Crippen LogP contribution in [0.1, 0.15) is 28.8 Å². The minimum Gasteiger partial charge on any atom is -0.434 e. The van der Waals surface area contributed by atoms with E-state index in [9.17, 15) is 31.5 Å². The SMILES string of the molecule is O=C(Nc1cn(CC(=O)N2CCC(N(CCc3ccccc3)C(F)(F)F)CC2)nc1-c1cc(Cl)ccc1OC(F)F)c1cnn2cccnc12. The highest BCUT2D eigenvalue weighted by molar-refractivity contribution is 6.31. The summed E-state index contributed by atoms with van der Waals surface area (Å²) in [6, 6.07) is 13.7. The molecule has 4 heterocycles. The first kappa shape index (κ1) is 34.8. The molecule has 2 amide bonds. The van der Waals surface area contributed by atoms with Crippen molar-refractivity contribution >= 4 is 34.7 Å². The van der Waals surface area contributed by atoms with Crippen LogP contribution in [-0.4, -0.2) is 84.6 Å². The summed E-state index contributed by atoms with van der Waals surface area (Å²) in [5.41, 5.74) is 1.19. The fourth-order valence-corrected chi connectivity index (χ4v) is 6.10. The topological polar surface area (TPSA) is 110 Å². The van der Waals surface area contributed by atoms with E-state index in [2.05, 4.69) is 25.2 Å². The summed E-state index contributed by atoms with van der Waals surface area (Å²) in [4.78, 5) is 33.0. The maximum Gasteiger partial charge on any atom is 0.460 e. The van der Waals surface area contributed by atoms with E-state index in [-0.39, 0.29) is 84.4 Å². The Morgan fingerprint density at radius 3 is 2.56 bits per heavy atom. The van der Waals surface area contributed by atoms with E-state index in [4.69, 9.17) is 11.6 Å². The third kappa shape index (κ3) is 8.03. The number of aromatic nitrogens is 5. The number of alkyl halides is 5. The summed E-state index contributed by atoms with van der Waals surface area (Å²) < 4.78 is 76.1. The zero-order chi connectivity index (χ0) is 35.4. The lowest BCUT2D eigenvalue weighted by Crippen LogP contribution is -2.52. The van der Waals surface area contributed by atoms with Crippen LogP contribution >= 0.6 is 11.6 Å². The number of nitrogens with one attached hydrogen (secondary N) is 1. The molecule has 5 aromatic rings. The molecule has 0 radical (unpaired) electrons. The lowest BCUT2D eigenvalue weighted by molar-refractivity contribution is -0.261. The van der Waals surface area contributed by atoms with Gasteiger partial charge in [-0.15, -0.1) is 0 Å². The van der Waals surface area contributed by atoms with Gasteiger partial charge in [0.2, 0.25) is 5.91 Å². The lowest BCUT2D eigenvalue weighted by atomic mass is 10.0. The third-order valence-corrected chi connectivity index (χ3v) is 8.55. The summed E-state index contributed by atoms with van der Waals surface area (Å²) >= 11 is 6.19. The number of benzene rings is 2. The Morgan fingerprint density at radius 2 is 1.84 bits per heavy atom. The molecule has 0 spiro atoms. The molecule has 6 rings (SSSR count). The van der Waals surface area contributed by atoms with Gasteiger partial charge >= 0.3 is 12.9 Å². The molecule has 262 valence electrons. The largest absolute Gasteiger partial charge is 0.460 e. The predicted octanol–water partition coefficient (Wildman–Crippen LogP) is 6.16. The first-order chi connectivity index (χ1) is 24.0. The number of nitrogens with zero attached hydrogens (tertiary/aromatic N) is 7. The Hall–Kier alpha value is -5.09. The number of carbonyl (C=O) groups is 2. The van der Waals surface area contributed by atoms with Crippen LogP contribution < -0.4 is 10.1 Å². The fourth-order valence-electron chi connectivity index (χ4n) is 5.93. The van der Waals surface area contributed by atoms with Crippen LogP contribution in [0.15, 0.2) is 79.4 Å². The van der Waals surface area contributed by atoms with Gasteiger partial charge in [-0.3, -0.25) is 14.3 Å². The number of halogens is 6. The smallest absolute Gasteiger partial charge is 0.434 e. The van der Waals surface area contributed by atoms with Crippen molar-refractivity contribution in [2.75, 3.05) is 25.0 Å². The summed E-state index contributed by atoms with van der Waals surface area (Å²) in [7, 11) is 0. The second-order valence-electron chi connectivity index (χ2n) is 11.5. The molecule has 1 N–H and O–H groups in total. The molecule has 1 aliphatic heterocycles. The maximum absolute atomic E-state index is 14.0. The standard InChI is InChI=1S/C33H30ClF5N8O3/c34-22-7-8-27(50-32(35)36)24(17-22)29-26(42-31(49)25-18-41-47-13-4-12-40-30(25)47)19-45(43-29)20-28(48)44-14-10-23(11-15-44)46(33(37,38)39)16-9-21-5-2-1-3-6-21/h1-8,12-13,17-19,23,32H,9-11,14-16,20H2,(H,42,49). The predicted molar refractivity (Wildman–Crippen MR) is 173 cm³/mol. The van der Waals surface area contributed by atoms with Gasteiger partial charge in [-0.05, 0) is 49.1 Å². The summed E-state index contributed by atoms with van der Waals surface area (Å²) in [6.45, 7) is -3.57. The lowest BCUT2D eigenvalue weighted by Gasteiger charge is -2.39. The highest BCUT2D eigenvalue weighted by Gasteiger charge is 2.42. The number of rotatable bonds is 11. The fraction of sp³-hybridized carbons (Fsp3) is 0.303. The quantitative estimate of drug-likeness (QED) is 0.129. The van der Waals surface area contributed by atoms with Crippen molar-refractivity contribution in [2.24, 2.45) is 0 Å². The molecule has 1 saturated heterocycles. The van der Waals surface area contributed by atoms with Crippen molar-refractivity contribution in [1.29, 1.82) is 0 Å². The van der Waals surface area contributed by atoms with Crippen LogP contribution in [0, 0.1) is 0 Å². The molecule has 1 aliphatic rings. The molecular weight excluding hydrogens is 687 g/mol. The normalized spacial score (nSPS) is 14.1. The van der Waals surface area contributed by atoms with E-state index in [1.807, 2.05) is 0 Å². The van der Waals surface area contributed by atoms with Crippen molar-refractivity contribution in [2.45, 2.75) is 44.8 Å². The monoisotopic (exact) mass is 716 g/mol. The van der Waals surface area contributed by atoms with E-state index < -0.39 is 30.8 Å². The van der Waals surface area contributed by atoms with Crippen LogP contribution in [0.2, 0.25) is 5.02 Å². The summed E-state index contributed by atoms with van der Waals surface area (Å²) in [5.74, 6) is -1.36. The minimum atomic E-state index is -4.54. The van der Waals surface area contributed by atoms with E-state index in [0.717, 1.165) is 5.56 Å². The van der Waals surface area contributed by atoms with Gasteiger partial charge in [0.25, 0.3) is 5.91 Å². The van der Waals surface area contributed by atoms with Crippen LogP contribution in [0.5, 0.6) is 5.75 Å². The average Bonchev–Trinajstić information content (AvgIpc) is 3.69. The number of hydrogen-bond donors (Lipinski definition) is 1. The van der Waals surface area contributed by atoms with Crippen LogP contribution in [0.25, 0.3) is 16.9 Å². The van der Waals surface area contributed by atoms with Crippen molar-refractivity contribution in [1.82, 2.24) is 34.2 Å².